The van der Waals surface area contributed by atoms with Gasteiger partial charge in [0.25, 0.3) is 0 Å². The van der Waals surface area contributed by atoms with Crippen LogP contribution in [0.4, 0.5) is 0 Å². The van der Waals surface area contributed by atoms with Crippen LogP contribution in [0.15, 0.2) is 29.2 Å². The van der Waals surface area contributed by atoms with Crippen molar-refractivity contribution in [3.63, 3.8) is 0 Å². The molecule has 0 aliphatic carbocycles. The van der Waals surface area contributed by atoms with Crippen molar-refractivity contribution in [2.45, 2.75) is 17.2 Å². The highest BCUT2D eigenvalue weighted by Gasteiger charge is 2.20. The van der Waals surface area contributed by atoms with Gasteiger partial charge in [-0.1, -0.05) is 12.1 Å². The minimum Gasteiger partial charge on any atom is -0.324 e. The molecule has 3 rings (SSSR count). The monoisotopic (exact) mass is 218 g/mol. The maximum atomic E-state index is 5.65. The third-order valence-electron chi connectivity index (χ3n) is 2.44. The maximum absolute atomic E-state index is 5.65. The Morgan fingerprint density at radius 1 is 1.33 bits per heavy atom. The molecule has 2 aromatic rings. The number of nitrogens with zero attached hydrogens (tertiary/aromatic N) is 3. The first-order valence-corrected chi connectivity index (χ1v) is 5.74. The van der Waals surface area contributed by atoms with E-state index < -0.39 is 0 Å². The Kier molecular flexibility index (Phi) is 2.00. The molecule has 0 unspecified atom stereocenters. The summed E-state index contributed by atoms with van der Waals surface area (Å²) < 4.78 is 2.06. The Hall–Kier alpha value is -1.33. The van der Waals surface area contributed by atoms with E-state index >= 15 is 0 Å². The van der Waals surface area contributed by atoms with Crippen molar-refractivity contribution in [1.82, 2.24) is 14.8 Å². The number of nitrogens with two attached hydrogens (primary N) is 1. The lowest BCUT2D eigenvalue weighted by atomic mass is 10.3. The summed E-state index contributed by atoms with van der Waals surface area (Å²) in [6, 6.07) is 8.26. The third kappa shape index (κ3) is 1.27. The number of hydrogen-bond donors (Lipinski definition) is 1. The van der Waals surface area contributed by atoms with Gasteiger partial charge in [-0.25, -0.2) is 0 Å². The predicted octanol–water partition coefficient (Wildman–Crippen LogP) is 1.33. The van der Waals surface area contributed by atoms with E-state index in [0.717, 1.165) is 23.1 Å². The van der Waals surface area contributed by atoms with Gasteiger partial charge in [-0.05, 0) is 12.1 Å². The highest BCUT2D eigenvalue weighted by atomic mass is 32.2. The van der Waals surface area contributed by atoms with Crippen molar-refractivity contribution in [2.24, 2.45) is 5.73 Å². The molecule has 1 aromatic heterocycles. The second kappa shape index (κ2) is 3.36. The number of para-hydroxylation sites is 1. The van der Waals surface area contributed by atoms with Crippen LogP contribution in [0.5, 0.6) is 0 Å². The first kappa shape index (κ1) is 8.94. The quantitative estimate of drug-likeness (QED) is 0.784. The van der Waals surface area contributed by atoms with Crippen LogP contribution >= 0.6 is 11.8 Å². The molecule has 0 amide bonds. The Bertz CT molecular complexity index is 492. The highest BCUT2D eigenvalue weighted by molar-refractivity contribution is 7.98. The number of hydrogen-bond acceptors (Lipinski definition) is 4. The Morgan fingerprint density at radius 3 is 3.07 bits per heavy atom. The van der Waals surface area contributed by atoms with Crippen LogP contribution in [0.25, 0.3) is 5.69 Å². The van der Waals surface area contributed by atoms with E-state index in [0.29, 0.717) is 6.54 Å². The van der Waals surface area contributed by atoms with E-state index in [1.807, 2.05) is 12.1 Å². The predicted molar refractivity (Wildman–Crippen MR) is 58.8 cm³/mol. The van der Waals surface area contributed by atoms with Crippen molar-refractivity contribution < 1.29 is 0 Å². The second-order valence-electron chi connectivity index (χ2n) is 3.33. The zero-order valence-electron chi connectivity index (χ0n) is 8.05. The number of benzene rings is 1. The van der Waals surface area contributed by atoms with Gasteiger partial charge < -0.3 is 5.73 Å². The molecule has 4 nitrogen and oxygen atoms in total. The summed E-state index contributed by atoms with van der Waals surface area (Å²) in [6.45, 7) is 0.423. The molecule has 0 atom stereocenters. The molecule has 76 valence electrons. The lowest BCUT2D eigenvalue weighted by Crippen LogP contribution is -2.12. The van der Waals surface area contributed by atoms with E-state index in [4.69, 9.17) is 5.73 Å². The summed E-state index contributed by atoms with van der Waals surface area (Å²) >= 11 is 1.79. The smallest absolute Gasteiger partial charge is 0.151 e. The molecule has 1 aromatic carbocycles. The van der Waals surface area contributed by atoms with Crippen molar-refractivity contribution in [3.8, 4) is 5.69 Å². The number of fused-ring (bicyclic) bond motifs is 3. The van der Waals surface area contributed by atoms with Crippen molar-refractivity contribution in [3.05, 3.63) is 35.9 Å². The summed E-state index contributed by atoms with van der Waals surface area (Å²) in [5, 5.41) is 8.23. The molecule has 0 saturated heterocycles. The van der Waals surface area contributed by atoms with Gasteiger partial charge in [0.15, 0.2) is 5.82 Å². The average Bonchev–Trinajstić information content (AvgIpc) is 2.72. The Balaban J connectivity index is 2.27. The van der Waals surface area contributed by atoms with Gasteiger partial charge >= 0.3 is 0 Å². The molecule has 0 saturated carbocycles. The number of aromatic nitrogens is 3. The summed E-state index contributed by atoms with van der Waals surface area (Å²) in [5.74, 6) is 2.68. The van der Waals surface area contributed by atoms with Gasteiger partial charge in [-0.15, -0.1) is 22.0 Å². The van der Waals surface area contributed by atoms with Gasteiger partial charge in [0.1, 0.15) is 5.82 Å². The van der Waals surface area contributed by atoms with Gasteiger partial charge in [0.2, 0.25) is 0 Å². The Morgan fingerprint density at radius 2 is 2.20 bits per heavy atom. The molecule has 5 heteroatoms. The highest BCUT2D eigenvalue weighted by Crippen LogP contribution is 2.34. The summed E-state index contributed by atoms with van der Waals surface area (Å²) in [4.78, 5) is 1.26. The summed E-state index contributed by atoms with van der Waals surface area (Å²) in [6.07, 6.45) is 0. The topological polar surface area (TPSA) is 56.7 Å². The second-order valence-corrected chi connectivity index (χ2v) is 4.35. The molecule has 1 aliphatic rings. The first-order valence-electron chi connectivity index (χ1n) is 4.75. The van der Waals surface area contributed by atoms with Gasteiger partial charge in [0, 0.05) is 4.90 Å². The maximum Gasteiger partial charge on any atom is 0.151 e. The summed E-state index contributed by atoms with van der Waals surface area (Å²) in [7, 11) is 0. The minimum atomic E-state index is 0.423. The van der Waals surface area contributed by atoms with Crippen LogP contribution in [0, 0.1) is 0 Å². The Labute approximate surface area is 91.5 Å². The minimum absolute atomic E-state index is 0.423. The van der Waals surface area contributed by atoms with Gasteiger partial charge in [-0.2, -0.15) is 0 Å². The van der Waals surface area contributed by atoms with E-state index in [2.05, 4.69) is 26.9 Å². The largest absolute Gasteiger partial charge is 0.324 e. The zero-order chi connectivity index (χ0) is 10.3. The molecule has 0 fully saturated rings. The fraction of sp³-hybridized carbons (Fsp3) is 0.200. The van der Waals surface area contributed by atoms with Crippen LogP contribution in [0.2, 0.25) is 0 Å². The van der Waals surface area contributed by atoms with Crippen LogP contribution in [0.3, 0.4) is 0 Å². The number of thioether (sulfide) groups is 1. The van der Waals surface area contributed by atoms with Crippen LogP contribution in [-0.2, 0) is 12.3 Å². The molecule has 1 aliphatic heterocycles. The normalized spacial score (nSPS) is 13.4. The average molecular weight is 218 g/mol. The molecule has 2 heterocycles. The summed E-state index contributed by atoms with van der Waals surface area (Å²) in [5.41, 5.74) is 6.79. The van der Waals surface area contributed by atoms with Crippen molar-refractivity contribution in [2.75, 3.05) is 0 Å². The molecular formula is C10H10N4S. The fourth-order valence-electron chi connectivity index (χ4n) is 1.76. The van der Waals surface area contributed by atoms with Crippen molar-refractivity contribution in [1.29, 1.82) is 0 Å². The van der Waals surface area contributed by atoms with Gasteiger partial charge in [-0.3, -0.25) is 4.57 Å². The van der Waals surface area contributed by atoms with E-state index in [9.17, 15) is 0 Å². The molecule has 0 radical (unpaired) electrons. The molecule has 0 bridgehead atoms. The van der Waals surface area contributed by atoms with Crippen LogP contribution < -0.4 is 5.73 Å². The standard InChI is InChI=1S/C10H10N4S/c11-5-9-12-13-10-6-15-8-4-2-1-3-7(8)14(9)10/h1-4H,5-6,11H2. The van der Waals surface area contributed by atoms with E-state index in [-0.39, 0.29) is 0 Å². The number of rotatable bonds is 1. The lowest BCUT2D eigenvalue weighted by molar-refractivity contribution is 0.831. The first-order chi connectivity index (χ1) is 7.40. The zero-order valence-corrected chi connectivity index (χ0v) is 8.87. The molecule has 15 heavy (non-hydrogen) atoms. The fourth-order valence-corrected chi connectivity index (χ4v) is 2.72. The van der Waals surface area contributed by atoms with Crippen molar-refractivity contribution >= 4 is 11.8 Å². The molecule has 0 spiro atoms. The van der Waals surface area contributed by atoms with Crippen LogP contribution in [-0.4, -0.2) is 14.8 Å². The van der Waals surface area contributed by atoms with E-state index in [1.54, 1.807) is 11.8 Å². The van der Waals surface area contributed by atoms with Gasteiger partial charge in [0.05, 0.1) is 18.0 Å². The lowest BCUT2D eigenvalue weighted by Gasteiger charge is -2.18. The third-order valence-corrected chi connectivity index (χ3v) is 3.50. The van der Waals surface area contributed by atoms with Crippen LogP contribution in [0.1, 0.15) is 11.6 Å². The van der Waals surface area contributed by atoms with E-state index in [1.165, 1.54) is 4.90 Å². The molecular weight excluding hydrogens is 208 g/mol. The molecule has 2 N–H and O–H groups in total. The SMILES string of the molecule is NCc1nnc2n1-c1ccccc1SC2.